The molecule has 5 nitrogen and oxygen atoms in total. The van der Waals surface area contributed by atoms with Gasteiger partial charge in [-0.15, -0.1) is 0 Å². The van der Waals surface area contributed by atoms with Crippen LogP contribution in [0.25, 0.3) is 5.57 Å². The third-order valence-corrected chi connectivity index (χ3v) is 3.31. The maximum absolute atomic E-state index is 13.2. The van der Waals surface area contributed by atoms with E-state index in [0.717, 1.165) is 4.90 Å². The van der Waals surface area contributed by atoms with Gasteiger partial charge in [0, 0.05) is 12.6 Å². The molecule has 1 N–H and O–H groups in total. The normalized spacial score (nSPS) is 19.5. The Kier molecular flexibility index (Phi) is 5.05. The summed E-state index contributed by atoms with van der Waals surface area (Å²) in [6.07, 6.45) is -5.43. The largest absolute Gasteiger partial charge is 0.479 e. The lowest BCUT2D eigenvalue weighted by Crippen LogP contribution is -2.48. The van der Waals surface area contributed by atoms with Gasteiger partial charge in [0.25, 0.3) is 0 Å². The van der Waals surface area contributed by atoms with Gasteiger partial charge in [0.05, 0.1) is 18.7 Å². The summed E-state index contributed by atoms with van der Waals surface area (Å²) in [6, 6.07) is 6.96. The van der Waals surface area contributed by atoms with E-state index < -0.39 is 29.7 Å². The summed E-state index contributed by atoms with van der Waals surface area (Å²) >= 11 is 0. The topological polar surface area (TPSA) is 66.8 Å². The number of nitrogens with zero attached hydrogens (tertiary/aromatic N) is 1. The van der Waals surface area contributed by atoms with Crippen molar-refractivity contribution in [3.63, 3.8) is 0 Å². The number of aliphatic carboxylic acids is 1. The molecule has 1 aliphatic heterocycles. The van der Waals surface area contributed by atoms with Gasteiger partial charge in [-0.3, -0.25) is 4.79 Å². The zero-order valence-electron chi connectivity index (χ0n) is 11.9. The lowest BCUT2D eigenvalue weighted by atomic mass is 10.0. The molecule has 1 unspecified atom stereocenters. The first-order valence-corrected chi connectivity index (χ1v) is 6.76. The van der Waals surface area contributed by atoms with E-state index in [2.05, 4.69) is 0 Å². The van der Waals surface area contributed by atoms with Crippen LogP contribution in [0.5, 0.6) is 0 Å². The molecule has 0 aliphatic carbocycles. The Bertz CT molecular complexity index is 613. The number of carbonyl (C=O) groups is 2. The van der Waals surface area contributed by atoms with Gasteiger partial charge in [-0.1, -0.05) is 30.3 Å². The highest BCUT2D eigenvalue weighted by molar-refractivity contribution is 5.96. The summed E-state index contributed by atoms with van der Waals surface area (Å²) in [5.74, 6) is -2.15. The molecule has 2 rings (SSSR count). The lowest BCUT2D eigenvalue weighted by molar-refractivity contribution is -0.158. The van der Waals surface area contributed by atoms with Crippen molar-refractivity contribution in [2.45, 2.75) is 12.3 Å². The number of hydrogen-bond donors (Lipinski definition) is 1. The molecule has 0 radical (unpaired) electrons. The second-order valence-corrected chi connectivity index (χ2v) is 4.90. The summed E-state index contributed by atoms with van der Waals surface area (Å²) in [5.41, 5.74) is -1.20. The van der Waals surface area contributed by atoms with Crippen LogP contribution >= 0.6 is 0 Å². The van der Waals surface area contributed by atoms with Crippen LogP contribution in [0.2, 0.25) is 0 Å². The SMILES string of the molecule is O=C(O)C1CN(C(=O)/C=C(/c2ccccc2)C(F)(F)F)CCO1. The molecule has 0 saturated carbocycles. The van der Waals surface area contributed by atoms with Crippen molar-refractivity contribution in [3.8, 4) is 0 Å². The van der Waals surface area contributed by atoms with Crippen LogP contribution in [0.1, 0.15) is 5.56 Å². The molecule has 124 valence electrons. The van der Waals surface area contributed by atoms with Crippen molar-refractivity contribution in [1.29, 1.82) is 0 Å². The number of carboxylic acids is 1. The monoisotopic (exact) mass is 329 g/mol. The molecule has 1 saturated heterocycles. The van der Waals surface area contributed by atoms with Gasteiger partial charge in [-0.25, -0.2) is 4.79 Å². The zero-order chi connectivity index (χ0) is 17.0. The summed E-state index contributed by atoms with van der Waals surface area (Å²) in [5, 5.41) is 8.87. The number of morpholine rings is 1. The Morgan fingerprint density at radius 1 is 1.26 bits per heavy atom. The number of rotatable bonds is 3. The van der Waals surface area contributed by atoms with E-state index in [1.807, 2.05) is 0 Å². The summed E-state index contributed by atoms with van der Waals surface area (Å²) < 4.78 is 44.5. The minimum atomic E-state index is -4.70. The number of halogens is 3. The number of ether oxygens (including phenoxy) is 1. The zero-order valence-corrected chi connectivity index (χ0v) is 11.9. The molecule has 1 amide bonds. The maximum atomic E-state index is 13.2. The van der Waals surface area contributed by atoms with Crippen molar-refractivity contribution in [2.24, 2.45) is 0 Å². The molecule has 23 heavy (non-hydrogen) atoms. The first kappa shape index (κ1) is 17.0. The predicted octanol–water partition coefficient (Wildman–Crippen LogP) is 1.94. The fourth-order valence-electron chi connectivity index (χ4n) is 2.16. The number of carbonyl (C=O) groups excluding carboxylic acids is 1. The van der Waals surface area contributed by atoms with Crippen LogP contribution in [-0.2, 0) is 14.3 Å². The van der Waals surface area contributed by atoms with Crippen LogP contribution in [0.15, 0.2) is 36.4 Å². The highest BCUT2D eigenvalue weighted by Crippen LogP contribution is 2.33. The highest BCUT2D eigenvalue weighted by atomic mass is 19.4. The number of amides is 1. The molecule has 1 aromatic rings. The van der Waals surface area contributed by atoms with E-state index in [-0.39, 0.29) is 25.3 Å². The molecule has 0 spiro atoms. The highest BCUT2D eigenvalue weighted by Gasteiger charge is 2.36. The Labute approximate surface area is 130 Å². The molecular weight excluding hydrogens is 315 g/mol. The van der Waals surface area contributed by atoms with E-state index in [1.54, 1.807) is 6.07 Å². The second-order valence-electron chi connectivity index (χ2n) is 4.90. The van der Waals surface area contributed by atoms with Crippen molar-refractivity contribution in [3.05, 3.63) is 42.0 Å². The van der Waals surface area contributed by atoms with Gasteiger partial charge in [-0.2, -0.15) is 13.2 Å². The Balaban J connectivity index is 2.25. The van der Waals surface area contributed by atoms with E-state index in [9.17, 15) is 22.8 Å². The van der Waals surface area contributed by atoms with Crippen LogP contribution in [0.4, 0.5) is 13.2 Å². The number of carboxylic acid groups (broad SMARTS) is 1. The van der Waals surface area contributed by atoms with Crippen LogP contribution in [-0.4, -0.2) is 53.9 Å². The molecule has 1 aliphatic rings. The number of benzene rings is 1. The molecular formula is C15H14F3NO4. The van der Waals surface area contributed by atoms with Gasteiger partial charge in [0.2, 0.25) is 5.91 Å². The van der Waals surface area contributed by atoms with Gasteiger partial charge in [0.15, 0.2) is 6.10 Å². The fourth-order valence-corrected chi connectivity index (χ4v) is 2.16. The Morgan fingerprint density at radius 2 is 1.91 bits per heavy atom. The summed E-state index contributed by atoms with van der Waals surface area (Å²) in [6.45, 7) is -0.285. The van der Waals surface area contributed by atoms with Crippen LogP contribution in [0, 0.1) is 0 Å². The fraction of sp³-hybridized carbons (Fsp3) is 0.333. The average molecular weight is 329 g/mol. The van der Waals surface area contributed by atoms with E-state index >= 15 is 0 Å². The second kappa shape index (κ2) is 6.82. The first-order valence-electron chi connectivity index (χ1n) is 6.76. The Hall–Kier alpha value is -2.35. The molecule has 1 fully saturated rings. The minimum absolute atomic E-state index is 0.0385. The van der Waals surface area contributed by atoms with Gasteiger partial charge >= 0.3 is 12.1 Å². The predicted molar refractivity (Wildman–Crippen MR) is 74.4 cm³/mol. The number of alkyl halides is 3. The van der Waals surface area contributed by atoms with Crippen LogP contribution in [0.3, 0.4) is 0 Å². The minimum Gasteiger partial charge on any atom is -0.479 e. The van der Waals surface area contributed by atoms with Crippen LogP contribution < -0.4 is 0 Å². The van der Waals surface area contributed by atoms with Crippen molar-refractivity contribution < 1.29 is 32.6 Å². The molecule has 1 aromatic carbocycles. The summed E-state index contributed by atoms with van der Waals surface area (Å²) in [4.78, 5) is 24.0. The Morgan fingerprint density at radius 3 is 2.48 bits per heavy atom. The lowest BCUT2D eigenvalue weighted by Gasteiger charge is -2.30. The third kappa shape index (κ3) is 4.32. The van der Waals surface area contributed by atoms with E-state index in [4.69, 9.17) is 9.84 Å². The quantitative estimate of drug-likeness (QED) is 0.861. The van der Waals surface area contributed by atoms with Gasteiger partial charge in [0.1, 0.15) is 0 Å². The molecule has 1 atom stereocenters. The smallest absolute Gasteiger partial charge is 0.417 e. The number of allylic oxidation sites excluding steroid dienone is 1. The van der Waals surface area contributed by atoms with Crippen molar-refractivity contribution in [2.75, 3.05) is 19.7 Å². The molecule has 0 bridgehead atoms. The number of hydrogen-bond acceptors (Lipinski definition) is 3. The van der Waals surface area contributed by atoms with Gasteiger partial charge in [-0.05, 0) is 5.56 Å². The van der Waals surface area contributed by atoms with Crippen molar-refractivity contribution >= 4 is 17.4 Å². The molecule has 8 heteroatoms. The average Bonchev–Trinajstić information content (AvgIpc) is 2.52. The van der Waals surface area contributed by atoms with Crippen molar-refractivity contribution in [1.82, 2.24) is 4.90 Å². The van der Waals surface area contributed by atoms with E-state index in [1.165, 1.54) is 24.3 Å². The first-order chi connectivity index (χ1) is 10.8. The molecule has 0 aromatic heterocycles. The molecule has 1 heterocycles. The van der Waals surface area contributed by atoms with E-state index in [0.29, 0.717) is 6.08 Å². The van der Waals surface area contributed by atoms with Gasteiger partial charge < -0.3 is 14.7 Å². The summed E-state index contributed by atoms with van der Waals surface area (Å²) in [7, 11) is 0. The standard InChI is InChI=1S/C15H14F3NO4/c16-15(17,18)11(10-4-2-1-3-5-10)8-13(20)19-6-7-23-12(9-19)14(21)22/h1-5,8,12H,6-7,9H2,(H,21,22)/b11-8-. The third-order valence-electron chi connectivity index (χ3n) is 3.31. The maximum Gasteiger partial charge on any atom is 0.417 e.